The van der Waals surface area contributed by atoms with Gasteiger partial charge >= 0.3 is 0 Å². The smallest absolute Gasteiger partial charge is 0.257 e. The molecule has 2 rings (SSSR count). The maximum Gasteiger partial charge on any atom is 0.257 e. The lowest BCUT2D eigenvalue weighted by Gasteiger charge is -2.12. The number of hydrogen-bond acceptors (Lipinski definition) is 4. The maximum absolute atomic E-state index is 12.1. The minimum Gasteiger partial charge on any atom is -0.491 e. The van der Waals surface area contributed by atoms with Gasteiger partial charge in [0.05, 0.1) is 11.8 Å². The van der Waals surface area contributed by atoms with Gasteiger partial charge in [0.15, 0.2) is 5.11 Å². The van der Waals surface area contributed by atoms with E-state index in [9.17, 15) is 4.79 Å². The Morgan fingerprint density at radius 3 is 2.30 bits per heavy atom. The van der Waals surface area contributed by atoms with Crippen molar-refractivity contribution in [3.8, 4) is 5.75 Å². The minimum absolute atomic E-state index is 0.0931. The van der Waals surface area contributed by atoms with E-state index in [0.717, 1.165) is 11.4 Å². The normalized spacial score (nSPS) is 10.0. The Morgan fingerprint density at radius 1 is 1.04 bits per heavy atom. The molecule has 0 atom stereocenters. The molecular formula is C17H19N3O2S. The Hall–Kier alpha value is -2.60. The largest absolute Gasteiger partial charge is 0.491 e. The van der Waals surface area contributed by atoms with Gasteiger partial charge in [0.25, 0.3) is 5.91 Å². The molecule has 0 spiro atoms. The average Bonchev–Trinajstić information content (AvgIpc) is 2.54. The number of hydrogen-bond donors (Lipinski definition) is 3. The number of benzene rings is 2. The van der Waals surface area contributed by atoms with Gasteiger partial charge in [-0.25, -0.2) is 0 Å². The summed E-state index contributed by atoms with van der Waals surface area (Å²) in [6, 6.07) is 16.4. The zero-order valence-corrected chi connectivity index (χ0v) is 13.8. The molecule has 5 nitrogen and oxygen atoms in total. The van der Waals surface area contributed by atoms with Crippen LogP contribution in [0, 0.1) is 0 Å². The summed E-state index contributed by atoms with van der Waals surface area (Å²) in [6.45, 7) is 3.90. The highest BCUT2D eigenvalue weighted by Crippen LogP contribution is 2.13. The lowest BCUT2D eigenvalue weighted by Crippen LogP contribution is -2.41. The van der Waals surface area contributed by atoms with Crippen LogP contribution in [-0.4, -0.2) is 17.1 Å². The molecule has 0 heterocycles. The number of anilines is 1. The number of rotatable bonds is 5. The lowest BCUT2D eigenvalue weighted by atomic mass is 10.2. The number of amides is 1. The van der Waals surface area contributed by atoms with E-state index >= 15 is 0 Å². The first kappa shape index (κ1) is 16.8. The van der Waals surface area contributed by atoms with Gasteiger partial charge in [-0.15, -0.1) is 0 Å². The molecule has 0 aliphatic carbocycles. The van der Waals surface area contributed by atoms with E-state index < -0.39 is 0 Å². The topological polar surface area (TPSA) is 62.4 Å². The first-order valence-electron chi connectivity index (χ1n) is 7.23. The Labute approximate surface area is 141 Å². The van der Waals surface area contributed by atoms with Crippen LogP contribution in [0.25, 0.3) is 0 Å². The molecule has 0 fully saturated rings. The second-order valence-corrected chi connectivity index (χ2v) is 5.50. The van der Waals surface area contributed by atoms with Crippen molar-refractivity contribution in [3.63, 3.8) is 0 Å². The number of nitrogens with one attached hydrogen (secondary N) is 3. The molecule has 0 radical (unpaired) electrons. The van der Waals surface area contributed by atoms with E-state index in [1.54, 1.807) is 24.3 Å². The molecule has 2 aromatic rings. The second-order valence-electron chi connectivity index (χ2n) is 5.09. The number of hydrazine groups is 1. The summed E-state index contributed by atoms with van der Waals surface area (Å²) in [7, 11) is 0. The predicted octanol–water partition coefficient (Wildman–Crippen LogP) is 3.11. The standard InChI is InChI=1S/C17H19N3O2S/c1-12(2)22-15-10-8-13(9-11-15)16(21)18-17(23)20-19-14-6-4-3-5-7-14/h3-12,19H,1-2H3,(H2,18,20,21,23). The number of carbonyl (C=O) groups is 1. The van der Waals surface area contributed by atoms with Gasteiger partial charge in [-0.1, -0.05) is 18.2 Å². The molecular weight excluding hydrogens is 310 g/mol. The third-order valence-electron chi connectivity index (χ3n) is 2.81. The number of ether oxygens (including phenoxy) is 1. The second kappa shape index (κ2) is 8.14. The zero-order chi connectivity index (χ0) is 16.7. The van der Waals surface area contributed by atoms with Gasteiger partial charge in [-0.3, -0.25) is 21.0 Å². The fourth-order valence-electron chi connectivity index (χ4n) is 1.81. The van der Waals surface area contributed by atoms with Crippen LogP contribution >= 0.6 is 12.2 Å². The monoisotopic (exact) mass is 329 g/mol. The van der Waals surface area contributed by atoms with Gasteiger partial charge in [-0.05, 0) is 62.5 Å². The van der Waals surface area contributed by atoms with Crippen LogP contribution in [0.1, 0.15) is 24.2 Å². The van der Waals surface area contributed by atoms with E-state index in [4.69, 9.17) is 17.0 Å². The zero-order valence-electron chi connectivity index (χ0n) is 13.0. The number of thiocarbonyl (C=S) groups is 1. The summed E-state index contributed by atoms with van der Waals surface area (Å²) in [4.78, 5) is 12.1. The van der Waals surface area contributed by atoms with Crippen molar-refractivity contribution in [2.45, 2.75) is 20.0 Å². The van der Waals surface area contributed by atoms with Crippen molar-refractivity contribution in [2.24, 2.45) is 0 Å². The molecule has 0 aromatic heterocycles. The third kappa shape index (κ3) is 5.60. The van der Waals surface area contributed by atoms with Crippen LogP contribution < -0.4 is 20.9 Å². The van der Waals surface area contributed by atoms with Crippen LogP contribution in [-0.2, 0) is 0 Å². The van der Waals surface area contributed by atoms with E-state index in [1.807, 2.05) is 44.2 Å². The first-order chi connectivity index (χ1) is 11.0. The van der Waals surface area contributed by atoms with Crippen LogP contribution in [0.5, 0.6) is 5.75 Å². The molecule has 3 N–H and O–H groups in total. The first-order valence-corrected chi connectivity index (χ1v) is 7.64. The lowest BCUT2D eigenvalue weighted by molar-refractivity contribution is 0.0977. The summed E-state index contributed by atoms with van der Waals surface area (Å²) in [5.41, 5.74) is 7.02. The van der Waals surface area contributed by atoms with Crippen molar-refractivity contribution >= 4 is 28.9 Å². The van der Waals surface area contributed by atoms with E-state index in [-0.39, 0.29) is 17.1 Å². The molecule has 0 saturated carbocycles. The van der Waals surface area contributed by atoms with Gasteiger partial charge in [0.1, 0.15) is 5.75 Å². The fourth-order valence-corrected chi connectivity index (χ4v) is 1.96. The molecule has 2 aromatic carbocycles. The summed E-state index contributed by atoms with van der Waals surface area (Å²) < 4.78 is 5.54. The fraction of sp³-hybridized carbons (Fsp3) is 0.176. The Morgan fingerprint density at radius 2 is 1.70 bits per heavy atom. The maximum atomic E-state index is 12.1. The number of carbonyl (C=O) groups excluding carboxylic acids is 1. The molecule has 0 bridgehead atoms. The van der Waals surface area contributed by atoms with Crippen molar-refractivity contribution in [3.05, 3.63) is 60.2 Å². The molecule has 120 valence electrons. The van der Waals surface area contributed by atoms with Gasteiger partial charge in [0, 0.05) is 5.56 Å². The van der Waals surface area contributed by atoms with E-state index in [0.29, 0.717) is 5.56 Å². The van der Waals surface area contributed by atoms with Crippen LogP contribution in [0.15, 0.2) is 54.6 Å². The van der Waals surface area contributed by atoms with Crippen molar-refractivity contribution in [1.82, 2.24) is 10.7 Å². The van der Waals surface area contributed by atoms with Crippen molar-refractivity contribution in [1.29, 1.82) is 0 Å². The van der Waals surface area contributed by atoms with Gasteiger partial charge in [-0.2, -0.15) is 0 Å². The third-order valence-corrected chi connectivity index (χ3v) is 3.01. The number of para-hydroxylation sites is 1. The van der Waals surface area contributed by atoms with E-state index in [2.05, 4.69) is 16.2 Å². The quantitative estimate of drug-likeness (QED) is 0.581. The highest BCUT2D eigenvalue weighted by Gasteiger charge is 2.08. The Bertz CT molecular complexity index is 657. The molecule has 0 aliphatic heterocycles. The summed E-state index contributed by atoms with van der Waals surface area (Å²) in [5.74, 6) is 0.441. The SMILES string of the molecule is CC(C)Oc1ccc(C(=O)NC(=S)NNc2ccccc2)cc1. The minimum atomic E-state index is -0.284. The van der Waals surface area contributed by atoms with Crippen molar-refractivity contribution in [2.75, 3.05) is 5.43 Å². The molecule has 0 saturated heterocycles. The van der Waals surface area contributed by atoms with Crippen LogP contribution in [0.3, 0.4) is 0 Å². The van der Waals surface area contributed by atoms with E-state index in [1.165, 1.54) is 0 Å². The van der Waals surface area contributed by atoms with Crippen LogP contribution in [0.2, 0.25) is 0 Å². The molecule has 6 heteroatoms. The summed E-state index contributed by atoms with van der Waals surface area (Å²) in [6.07, 6.45) is 0.0931. The molecule has 0 aliphatic rings. The average molecular weight is 329 g/mol. The van der Waals surface area contributed by atoms with Gasteiger partial charge < -0.3 is 4.74 Å². The van der Waals surface area contributed by atoms with Crippen LogP contribution in [0.4, 0.5) is 5.69 Å². The predicted molar refractivity (Wildman–Crippen MR) is 95.5 cm³/mol. The summed E-state index contributed by atoms with van der Waals surface area (Å²) in [5, 5.41) is 2.80. The molecule has 0 unspecified atom stereocenters. The Balaban J connectivity index is 1.84. The highest BCUT2D eigenvalue weighted by molar-refractivity contribution is 7.80. The molecule has 23 heavy (non-hydrogen) atoms. The highest BCUT2D eigenvalue weighted by atomic mass is 32.1. The van der Waals surface area contributed by atoms with Gasteiger partial charge in [0.2, 0.25) is 0 Å². The van der Waals surface area contributed by atoms with Crippen molar-refractivity contribution < 1.29 is 9.53 Å². The Kier molecular flexibility index (Phi) is 5.94. The summed E-state index contributed by atoms with van der Waals surface area (Å²) >= 11 is 5.08. The molecule has 1 amide bonds.